The molecule has 0 atom stereocenters. The molecule has 2 aromatic carbocycles. The predicted octanol–water partition coefficient (Wildman–Crippen LogP) is 6.30. The van der Waals surface area contributed by atoms with Gasteiger partial charge in [0.25, 0.3) is 0 Å². The van der Waals surface area contributed by atoms with Crippen LogP contribution >= 0.6 is 22.9 Å². The Morgan fingerprint density at radius 2 is 1.71 bits per heavy atom. The SMILES string of the molecule is Cc1nc(C)c(-c2cc(-c3ccccc3)c3cc(Cl)ccc3n2)s1. The van der Waals surface area contributed by atoms with Crippen molar-refractivity contribution in [2.75, 3.05) is 0 Å². The van der Waals surface area contributed by atoms with Crippen molar-refractivity contribution in [2.24, 2.45) is 0 Å². The maximum atomic E-state index is 6.23. The summed E-state index contributed by atoms with van der Waals surface area (Å²) in [5, 5.41) is 2.84. The lowest BCUT2D eigenvalue weighted by molar-refractivity contribution is 1.20. The first-order chi connectivity index (χ1) is 11.6. The summed E-state index contributed by atoms with van der Waals surface area (Å²) in [5.74, 6) is 0. The Morgan fingerprint density at radius 1 is 0.917 bits per heavy atom. The van der Waals surface area contributed by atoms with E-state index in [-0.39, 0.29) is 0 Å². The van der Waals surface area contributed by atoms with E-state index in [1.54, 1.807) is 11.3 Å². The summed E-state index contributed by atoms with van der Waals surface area (Å²) in [6.45, 7) is 4.06. The third kappa shape index (κ3) is 2.70. The van der Waals surface area contributed by atoms with Crippen LogP contribution in [0.5, 0.6) is 0 Å². The third-order valence-corrected chi connectivity index (χ3v) is 5.32. The van der Waals surface area contributed by atoms with E-state index in [1.807, 2.05) is 50.2 Å². The Labute approximate surface area is 149 Å². The molecule has 0 N–H and O–H groups in total. The van der Waals surface area contributed by atoms with Gasteiger partial charge in [-0.1, -0.05) is 41.9 Å². The van der Waals surface area contributed by atoms with Gasteiger partial charge in [-0.05, 0) is 49.2 Å². The van der Waals surface area contributed by atoms with Crippen LogP contribution in [0.2, 0.25) is 5.02 Å². The zero-order valence-electron chi connectivity index (χ0n) is 13.4. The minimum atomic E-state index is 0.721. The van der Waals surface area contributed by atoms with E-state index in [1.165, 1.54) is 0 Å². The van der Waals surface area contributed by atoms with Crippen LogP contribution in [-0.4, -0.2) is 9.97 Å². The summed E-state index contributed by atoms with van der Waals surface area (Å²) in [6.07, 6.45) is 0. The summed E-state index contributed by atoms with van der Waals surface area (Å²) < 4.78 is 0. The molecule has 4 rings (SSSR count). The van der Waals surface area contributed by atoms with Crippen molar-refractivity contribution in [1.29, 1.82) is 0 Å². The van der Waals surface area contributed by atoms with Crippen molar-refractivity contribution < 1.29 is 0 Å². The van der Waals surface area contributed by atoms with Crippen LogP contribution in [0.4, 0.5) is 0 Å². The van der Waals surface area contributed by atoms with E-state index in [2.05, 4.69) is 23.2 Å². The molecule has 4 aromatic rings. The zero-order valence-corrected chi connectivity index (χ0v) is 14.9. The highest BCUT2D eigenvalue weighted by atomic mass is 35.5. The first-order valence-corrected chi connectivity index (χ1v) is 8.91. The van der Waals surface area contributed by atoms with Crippen LogP contribution in [0.15, 0.2) is 54.6 Å². The lowest BCUT2D eigenvalue weighted by atomic mass is 9.99. The van der Waals surface area contributed by atoms with E-state index in [0.717, 1.165) is 48.3 Å². The van der Waals surface area contributed by atoms with Gasteiger partial charge in [0.1, 0.15) is 0 Å². The Kier molecular flexibility index (Phi) is 3.83. The maximum absolute atomic E-state index is 6.23. The van der Waals surface area contributed by atoms with Crippen molar-refractivity contribution in [3.8, 4) is 21.7 Å². The number of aromatic nitrogens is 2. The lowest BCUT2D eigenvalue weighted by Crippen LogP contribution is -1.90. The van der Waals surface area contributed by atoms with Crippen LogP contribution in [0.3, 0.4) is 0 Å². The maximum Gasteiger partial charge on any atom is 0.0904 e. The molecule has 2 heterocycles. The summed E-state index contributed by atoms with van der Waals surface area (Å²) >= 11 is 7.91. The predicted molar refractivity (Wildman–Crippen MR) is 103 cm³/mol. The lowest BCUT2D eigenvalue weighted by Gasteiger charge is -2.10. The number of fused-ring (bicyclic) bond motifs is 1. The van der Waals surface area contributed by atoms with Gasteiger partial charge in [-0.15, -0.1) is 11.3 Å². The summed E-state index contributed by atoms with van der Waals surface area (Å²) in [5.41, 5.74) is 5.24. The molecule has 2 aromatic heterocycles. The average Bonchev–Trinajstić information content (AvgIpc) is 2.93. The Bertz CT molecular complexity index is 1040. The van der Waals surface area contributed by atoms with Crippen LogP contribution in [-0.2, 0) is 0 Å². The molecule has 0 unspecified atom stereocenters. The first-order valence-electron chi connectivity index (χ1n) is 7.72. The smallest absolute Gasteiger partial charge is 0.0904 e. The van der Waals surface area contributed by atoms with E-state index >= 15 is 0 Å². The second kappa shape index (κ2) is 6.00. The van der Waals surface area contributed by atoms with Crippen molar-refractivity contribution in [1.82, 2.24) is 9.97 Å². The van der Waals surface area contributed by atoms with Gasteiger partial charge in [0.2, 0.25) is 0 Å². The first kappa shape index (κ1) is 15.3. The molecular weight excluding hydrogens is 336 g/mol. The number of rotatable bonds is 2. The quantitative estimate of drug-likeness (QED) is 0.424. The number of aryl methyl sites for hydroxylation is 2. The van der Waals surface area contributed by atoms with Crippen molar-refractivity contribution >= 4 is 33.8 Å². The van der Waals surface area contributed by atoms with Crippen LogP contribution in [0.25, 0.3) is 32.6 Å². The van der Waals surface area contributed by atoms with Crippen molar-refractivity contribution in [3.05, 3.63) is 70.3 Å². The van der Waals surface area contributed by atoms with Gasteiger partial charge < -0.3 is 0 Å². The van der Waals surface area contributed by atoms with Gasteiger partial charge in [0.05, 0.1) is 26.8 Å². The van der Waals surface area contributed by atoms with Crippen molar-refractivity contribution in [3.63, 3.8) is 0 Å². The van der Waals surface area contributed by atoms with Crippen molar-refractivity contribution in [2.45, 2.75) is 13.8 Å². The molecule has 4 heteroatoms. The standard InChI is InChI=1S/C20H15ClN2S/c1-12-20(24-13(2)22-12)19-11-16(14-6-4-3-5-7-14)17-10-15(21)8-9-18(17)23-19/h3-11H,1-2H3. The average molecular weight is 351 g/mol. The van der Waals surface area contributed by atoms with Gasteiger partial charge in [-0.3, -0.25) is 0 Å². The number of thiazole rings is 1. The summed E-state index contributed by atoms with van der Waals surface area (Å²) in [6, 6.07) is 18.4. The fourth-order valence-corrected chi connectivity index (χ4v) is 3.99. The highest BCUT2D eigenvalue weighted by Crippen LogP contribution is 2.36. The topological polar surface area (TPSA) is 25.8 Å². The molecule has 0 spiro atoms. The third-order valence-electron chi connectivity index (χ3n) is 3.99. The number of hydrogen-bond donors (Lipinski definition) is 0. The molecule has 0 bridgehead atoms. The Balaban J connectivity index is 2.04. The molecule has 0 aliphatic rings. The molecule has 0 amide bonds. The molecule has 0 fully saturated rings. The van der Waals surface area contributed by atoms with E-state index < -0.39 is 0 Å². The van der Waals surface area contributed by atoms with Crippen LogP contribution < -0.4 is 0 Å². The van der Waals surface area contributed by atoms with Gasteiger partial charge in [-0.25, -0.2) is 9.97 Å². The zero-order chi connectivity index (χ0) is 16.7. The number of hydrogen-bond acceptors (Lipinski definition) is 3. The number of nitrogens with zero attached hydrogens (tertiary/aromatic N) is 2. The van der Waals surface area contributed by atoms with Gasteiger partial charge in [0, 0.05) is 10.4 Å². The highest BCUT2D eigenvalue weighted by Gasteiger charge is 2.14. The molecule has 0 aliphatic carbocycles. The molecular formula is C20H15ClN2S. The van der Waals surface area contributed by atoms with Crippen LogP contribution in [0, 0.1) is 13.8 Å². The summed E-state index contributed by atoms with van der Waals surface area (Å²) in [7, 11) is 0. The number of pyridine rings is 1. The van der Waals surface area contributed by atoms with Gasteiger partial charge >= 0.3 is 0 Å². The minimum absolute atomic E-state index is 0.721. The Hall–Kier alpha value is -2.23. The normalized spacial score (nSPS) is 11.1. The molecule has 0 radical (unpaired) electrons. The molecule has 0 aliphatic heterocycles. The van der Waals surface area contributed by atoms with E-state index in [0.29, 0.717) is 0 Å². The fourth-order valence-electron chi connectivity index (χ4n) is 2.94. The highest BCUT2D eigenvalue weighted by molar-refractivity contribution is 7.15. The van der Waals surface area contributed by atoms with Crippen LogP contribution in [0.1, 0.15) is 10.7 Å². The van der Waals surface area contributed by atoms with E-state index in [9.17, 15) is 0 Å². The molecule has 2 nitrogen and oxygen atoms in total. The molecule has 24 heavy (non-hydrogen) atoms. The largest absolute Gasteiger partial charge is 0.247 e. The summed E-state index contributed by atoms with van der Waals surface area (Å²) in [4.78, 5) is 10.5. The van der Waals surface area contributed by atoms with Gasteiger partial charge in [-0.2, -0.15) is 0 Å². The molecule has 0 saturated carbocycles. The minimum Gasteiger partial charge on any atom is -0.247 e. The second-order valence-electron chi connectivity index (χ2n) is 5.73. The van der Waals surface area contributed by atoms with Gasteiger partial charge in [0.15, 0.2) is 0 Å². The number of halogens is 1. The second-order valence-corrected chi connectivity index (χ2v) is 7.37. The Morgan fingerprint density at radius 3 is 2.42 bits per heavy atom. The molecule has 0 saturated heterocycles. The molecule has 118 valence electrons. The number of benzene rings is 2. The van der Waals surface area contributed by atoms with E-state index in [4.69, 9.17) is 16.6 Å². The monoisotopic (exact) mass is 350 g/mol. The fraction of sp³-hybridized carbons (Fsp3) is 0.100.